The highest BCUT2D eigenvalue weighted by molar-refractivity contribution is 7.99. The Kier molecular flexibility index (Phi) is 6.62. The molecule has 0 bridgehead atoms. The first-order valence-corrected chi connectivity index (χ1v) is 9.92. The molecule has 134 valence electrons. The number of aryl methyl sites for hydroxylation is 2. The van der Waals surface area contributed by atoms with Gasteiger partial charge in [0.25, 0.3) is 5.56 Å². The molecule has 8 heteroatoms. The second kappa shape index (κ2) is 8.50. The fourth-order valence-electron chi connectivity index (χ4n) is 2.38. The molecule has 0 aliphatic rings. The molecule has 6 nitrogen and oxygen atoms in total. The molecule has 25 heavy (non-hydrogen) atoms. The van der Waals surface area contributed by atoms with E-state index in [0.717, 1.165) is 15.3 Å². The third-order valence-corrected chi connectivity index (χ3v) is 5.77. The van der Waals surface area contributed by atoms with Crippen LogP contribution in [0.15, 0.2) is 9.95 Å². The Morgan fingerprint density at radius 2 is 2.16 bits per heavy atom. The van der Waals surface area contributed by atoms with Crippen LogP contribution in [0, 0.1) is 31.1 Å². The molecule has 2 aromatic rings. The second-order valence-electron chi connectivity index (χ2n) is 6.21. The van der Waals surface area contributed by atoms with Gasteiger partial charge in [-0.25, -0.2) is 4.98 Å². The van der Waals surface area contributed by atoms with E-state index in [-0.39, 0.29) is 23.6 Å². The quantitative estimate of drug-likeness (QED) is 0.455. The number of nitrogens with one attached hydrogen (secondary N) is 1. The molecule has 0 saturated carbocycles. The highest BCUT2D eigenvalue weighted by atomic mass is 32.2. The van der Waals surface area contributed by atoms with Crippen LogP contribution >= 0.6 is 23.1 Å². The highest BCUT2D eigenvalue weighted by Crippen LogP contribution is 2.28. The van der Waals surface area contributed by atoms with E-state index in [9.17, 15) is 9.59 Å². The molecular formula is C17H22N4O2S2. The number of hydrogen-bond donors (Lipinski definition) is 1. The van der Waals surface area contributed by atoms with Gasteiger partial charge < -0.3 is 5.32 Å². The normalized spacial score (nSPS) is 11.0. The van der Waals surface area contributed by atoms with E-state index in [0.29, 0.717) is 29.6 Å². The molecule has 0 aliphatic carbocycles. The number of nitrogens with zero attached hydrogens (tertiary/aromatic N) is 3. The summed E-state index contributed by atoms with van der Waals surface area (Å²) >= 11 is 2.77. The lowest BCUT2D eigenvalue weighted by molar-refractivity contribution is -0.118. The summed E-state index contributed by atoms with van der Waals surface area (Å²) in [6.07, 6.45) is 0.284. The zero-order valence-corrected chi connectivity index (χ0v) is 16.5. The van der Waals surface area contributed by atoms with Gasteiger partial charge in [-0.05, 0) is 25.3 Å². The summed E-state index contributed by atoms with van der Waals surface area (Å²) in [4.78, 5) is 31.3. The molecule has 0 saturated heterocycles. The first-order chi connectivity index (χ1) is 11.8. The molecule has 1 N–H and O–H groups in total. The van der Waals surface area contributed by atoms with Crippen LogP contribution in [-0.2, 0) is 11.3 Å². The number of amides is 1. The Balaban J connectivity index is 2.32. The van der Waals surface area contributed by atoms with Crippen molar-refractivity contribution in [2.24, 2.45) is 5.92 Å². The van der Waals surface area contributed by atoms with Gasteiger partial charge >= 0.3 is 0 Å². The molecule has 0 spiro atoms. The largest absolute Gasteiger partial charge is 0.354 e. The van der Waals surface area contributed by atoms with Crippen LogP contribution in [0.1, 0.15) is 30.7 Å². The van der Waals surface area contributed by atoms with E-state index >= 15 is 0 Å². The molecule has 0 fully saturated rings. The first kappa shape index (κ1) is 19.5. The Hall–Kier alpha value is -1.85. The summed E-state index contributed by atoms with van der Waals surface area (Å²) in [6.45, 7) is 8.94. The number of rotatable bonds is 7. The van der Waals surface area contributed by atoms with Gasteiger partial charge in [0.05, 0.1) is 23.6 Å². The lowest BCUT2D eigenvalue weighted by Crippen LogP contribution is -2.28. The number of carbonyl (C=O) groups excluding carboxylic acids is 1. The Bertz CT molecular complexity index is 877. The second-order valence-corrected chi connectivity index (χ2v) is 8.36. The van der Waals surface area contributed by atoms with Gasteiger partial charge in [0.1, 0.15) is 4.83 Å². The van der Waals surface area contributed by atoms with Crippen LogP contribution in [0.3, 0.4) is 0 Å². The summed E-state index contributed by atoms with van der Waals surface area (Å²) < 4.78 is 1.68. The first-order valence-electron chi connectivity index (χ1n) is 8.12. The lowest BCUT2D eigenvalue weighted by atomic mass is 10.2. The molecule has 2 aromatic heterocycles. The van der Waals surface area contributed by atoms with Gasteiger partial charge in [0.15, 0.2) is 5.16 Å². The van der Waals surface area contributed by atoms with Gasteiger partial charge in [-0.3, -0.25) is 14.2 Å². The molecule has 0 unspecified atom stereocenters. The van der Waals surface area contributed by atoms with Crippen molar-refractivity contribution >= 4 is 39.2 Å². The van der Waals surface area contributed by atoms with Crippen molar-refractivity contribution in [3.05, 3.63) is 20.8 Å². The Morgan fingerprint density at radius 3 is 2.80 bits per heavy atom. The van der Waals surface area contributed by atoms with Crippen molar-refractivity contribution in [1.82, 2.24) is 14.9 Å². The predicted octanol–water partition coefficient (Wildman–Crippen LogP) is 2.85. The predicted molar refractivity (Wildman–Crippen MR) is 102 cm³/mol. The zero-order chi connectivity index (χ0) is 18.6. The Labute approximate surface area is 155 Å². The van der Waals surface area contributed by atoms with E-state index in [2.05, 4.69) is 10.3 Å². The van der Waals surface area contributed by atoms with Crippen LogP contribution in [0.25, 0.3) is 10.2 Å². The molecule has 2 heterocycles. The molecule has 2 rings (SSSR count). The summed E-state index contributed by atoms with van der Waals surface area (Å²) in [5.74, 6) is 0.301. The minimum absolute atomic E-state index is 0.0343. The van der Waals surface area contributed by atoms with Crippen molar-refractivity contribution in [2.75, 3.05) is 12.3 Å². The van der Waals surface area contributed by atoms with E-state index < -0.39 is 0 Å². The zero-order valence-electron chi connectivity index (χ0n) is 14.9. The van der Waals surface area contributed by atoms with E-state index in [1.807, 2.05) is 33.8 Å². The van der Waals surface area contributed by atoms with Gasteiger partial charge in [-0.1, -0.05) is 25.6 Å². The minimum atomic E-state index is -0.163. The van der Waals surface area contributed by atoms with Gasteiger partial charge in [0, 0.05) is 18.0 Å². The van der Waals surface area contributed by atoms with Crippen LogP contribution in [0.5, 0.6) is 0 Å². The maximum absolute atomic E-state index is 13.0. The van der Waals surface area contributed by atoms with Crippen molar-refractivity contribution in [1.29, 1.82) is 5.26 Å². The molecule has 0 aliphatic heterocycles. The number of thiophene rings is 1. The number of aromatic nitrogens is 2. The number of nitriles is 1. The maximum Gasteiger partial charge on any atom is 0.263 e. The standard InChI is InChI=1S/C17H22N4O2S2/c1-10(2)8-21-16(23)14-11(3)12(4)25-15(14)20-17(21)24-9-13(22)19-7-5-6-18/h10H,5,7-9H2,1-4H3,(H,19,22). The van der Waals surface area contributed by atoms with Gasteiger partial charge in [-0.2, -0.15) is 5.26 Å². The van der Waals surface area contributed by atoms with Crippen LogP contribution in [0.4, 0.5) is 0 Å². The number of thioether (sulfide) groups is 1. The summed E-state index contributed by atoms with van der Waals surface area (Å²) in [5, 5.41) is 12.5. The van der Waals surface area contributed by atoms with Crippen molar-refractivity contribution in [3.8, 4) is 6.07 Å². The summed E-state index contributed by atoms with van der Waals surface area (Å²) in [6, 6.07) is 1.98. The van der Waals surface area contributed by atoms with Crippen molar-refractivity contribution in [3.63, 3.8) is 0 Å². The summed E-state index contributed by atoms with van der Waals surface area (Å²) in [7, 11) is 0. The van der Waals surface area contributed by atoms with Crippen LogP contribution in [0.2, 0.25) is 0 Å². The minimum Gasteiger partial charge on any atom is -0.354 e. The average molecular weight is 379 g/mol. The van der Waals surface area contributed by atoms with Gasteiger partial charge in [0.2, 0.25) is 5.91 Å². The van der Waals surface area contributed by atoms with Crippen molar-refractivity contribution < 1.29 is 4.79 Å². The maximum atomic E-state index is 13.0. The third-order valence-electron chi connectivity index (χ3n) is 3.69. The van der Waals surface area contributed by atoms with Gasteiger partial charge in [-0.15, -0.1) is 11.3 Å². The fourth-order valence-corrected chi connectivity index (χ4v) is 4.29. The lowest BCUT2D eigenvalue weighted by Gasteiger charge is -2.14. The van der Waals surface area contributed by atoms with E-state index in [1.165, 1.54) is 23.1 Å². The molecule has 1 amide bonds. The topological polar surface area (TPSA) is 87.8 Å². The summed E-state index contributed by atoms with van der Waals surface area (Å²) in [5.41, 5.74) is 0.953. The van der Waals surface area contributed by atoms with Crippen LogP contribution in [-0.4, -0.2) is 27.8 Å². The monoisotopic (exact) mass is 378 g/mol. The number of carbonyl (C=O) groups is 1. The molecule has 0 aromatic carbocycles. The highest BCUT2D eigenvalue weighted by Gasteiger charge is 2.18. The SMILES string of the molecule is Cc1sc2nc(SCC(=O)NCCC#N)n(CC(C)C)c(=O)c2c1C. The van der Waals surface area contributed by atoms with E-state index in [4.69, 9.17) is 5.26 Å². The smallest absolute Gasteiger partial charge is 0.263 e. The van der Waals surface area contributed by atoms with Crippen LogP contribution < -0.4 is 10.9 Å². The van der Waals surface area contributed by atoms with Crippen molar-refractivity contribution in [2.45, 2.75) is 45.8 Å². The number of fused-ring (bicyclic) bond motifs is 1. The number of hydrogen-bond acceptors (Lipinski definition) is 6. The fraction of sp³-hybridized carbons (Fsp3) is 0.529. The molecule has 0 radical (unpaired) electrons. The van der Waals surface area contributed by atoms with E-state index in [1.54, 1.807) is 4.57 Å². The molecule has 0 atom stereocenters. The average Bonchev–Trinajstić information content (AvgIpc) is 2.83. The third kappa shape index (κ3) is 4.61. The molecular weight excluding hydrogens is 356 g/mol. The Morgan fingerprint density at radius 1 is 1.44 bits per heavy atom.